The molecule has 2 rings (SSSR count). The van der Waals surface area contributed by atoms with Crippen molar-refractivity contribution in [1.29, 1.82) is 0 Å². The lowest BCUT2D eigenvalue weighted by Gasteiger charge is -1.97. The van der Waals surface area contributed by atoms with Crippen LogP contribution in [-0.4, -0.2) is 13.4 Å². The first-order valence-corrected chi connectivity index (χ1v) is 6.27. The normalized spacial score (nSPS) is 10.4. The zero-order chi connectivity index (χ0) is 12.8. The van der Waals surface area contributed by atoms with Crippen molar-refractivity contribution in [3.8, 4) is 0 Å². The second-order valence-electron chi connectivity index (χ2n) is 3.48. The van der Waals surface area contributed by atoms with Crippen LogP contribution in [0.2, 0.25) is 0 Å². The molecule has 0 saturated carbocycles. The summed E-state index contributed by atoms with van der Waals surface area (Å²) >= 11 is 0. The highest BCUT2D eigenvalue weighted by atomic mass is 32.2. The van der Waals surface area contributed by atoms with Gasteiger partial charge in [0.25, 0.3) is 0 Å². The van der Waals surface area contributed by atoms with Crippen LogP contribution < -0.4 is 0 Å². The molecule has 0 radical (unpaired) electrons. The molecule has 0 atom stereocenters. The van der Waals surface area contributed by atoms with Gasteiger partial charge in [-0.15, -0.1) is 4.36 Å². The van der Waals surface area contributed by atoms with Gasteiger partial charge in [0, 0.05) is 18.0 Å². The second-order valence-corrected chi connectivity index (χ2v) is 4.10. The van der Waals surface area contributed by atoms with Crippen LogP contribution in [0.4, 0.5) is 5.69 Å². The van der Waals surface area contributed by atoms with E-state index in [-0.39, 0.29) is 0 Å². The van der Waals surface area contributed by atoms with Gasteiger partial charge < -0.3 is 0 Å². The first kappa shape index (κ1) is 12.2. The third kappa shape index (κ3) is 3.36. The minimum atomic E-state index is -2.44. The van der Waals surface area contributed by atoms with Crippen LogP contribution in [0, 0.1) is 0 Å². The zero-order valence-electron chi connectivity index (χ0n) is 9.39. The number of aromatic nitrogens is 1. The standard InChI is InChI=1S/C13H10N2O2S/c16-18(17)15-13-4-2-1-3-12(13)6-5-11-7-9-14-10-8-11/h1-10H. The summed E-state index contributed by atoms with van der Waals surface area (Å²) < 4.78 is 24.7. The molecule has 1 heterocycles. The van der Waals surface area contributed by atoms with Gasteiger partial charge in [0.05, 0.1) is 5.69 Å². The van der Waals surface area contributed by atoms with E-state index in [0.717, 1.165) is 11.1 Å². The Bertz CT molecular complexity index is 684. The fraction of sp³-hybridized carbons (Fsp3) is 0. The molecule has 0 aliphatic heterocycles. The summed E-state index contributed by atoms with van der Waals surface area (Å²) in [5.74, 6) is 0. The Morgan fingerprint density at radius 2 is 1.72 bits per heavy atom. The lowest BCUT2D eigenvalue weighted by atomic mass is 10.1. The Kier molecular flexibility index (Phi) is 3.98. The van der Waals surface area contributed by atoms with Gasteiger partial charge in [-0.2, -0.15) is 8.42 Å². The van der Waals surface area contributed by atoms with Gasteiger partial charge in [0.2, 0.25) is 0 Å². The van der Waals surface area contributed by atoms with E-state index >= 15 is 0 Å². The summed E-state index contributed by atoms with van der Waals surface area (Å²) in [5, 5.41) is 0. The lowest BCUT2D eigenvalue weighted by molar-refractivity contribution is 0.622. The van der Waals surface area contributed by atoms with Crippen LogP contribution in [0.1, 0.15) is 11.1 Å². The summed E-state index contributed by atoms with van der Waals surface area (Å²) in [6, 6.07) is 10.8. The van der Waals surface area contributed by atoms with Gasteiger partial charge in [0.1, 0.15) is 0 Å². The highest BCUT2D eigenvalue weighted by Gasteiger charge is 1.96. The van der Waals surface area contributed by atoms with Crippen molar-refractivity contribution in [2.45, 2.75) is 0 Å². The molecule has 2 aromatic rings. The topological polar surface area (TPSA) is 59.4 Å². The third-order valence-electron chi connectivity index (χ3n) is 2.27. The highest BCUT2D eigenvalue weighted by Crippen LogP contribution is 2.20. The average Bonchev–Trinajstić information content (AvgIpc) is 2.38. The maximum absolute atomic E-state index is 10.6. The molecule has 0 aliphatic carbocycles. The number of benzene rings is 1. The number of hydrogen-bond acceptors (Lipinski definition) is 4. The summed E-state index contributed by atoms with van der Waals surface area (Å²) in [5.41, 5.74) is 2.16. The number of pyridine rings is 1. The Morgan fingerprint density at radius 3 is 2.44 bits per heavy atom. The Hall–Kier alpha value is -2.27. The fourth-order valence-corrected chi connectivity index (χ4v) is 1.78. The summed E-state index contributed by atoms with van der Waals surface area (Å²) in [4.78, 5) is 3.92. The molecule has 18 heavy (non-hydrogen) atoms. The van der Waals surface area contributed by atoms with E-state index in [9.17, 15) is 8.42 Å². The maximum atomic E-state index is 10.6. The quantitative estimate of drug-likeness (QED) is 0.850. The van der Waals surface area contributed by atoms with Crippen molar-refractivity contribution in [2.24, 2.45) is 4.36 Å². The van der Waals surface area contributed by atoms with Gasteiger partial charge in [-0.05, 0) is 23.8 Å². The van der Waals surface area contributed by atoms with E-state index < -0.39 is 10.5 Å². The minimum absolute atomic E-state index is 0.427. The predicted octanol–water partition coefficient (Wildman–Crippen LogP) is 2.95. The van der Waals surface area contributed by atoms with Crippen LogP contribution in [0.5, 0.6) is 0 Å². The fourth-order valence-electron chi connectivity index (χ4n) is 1.45. The summed E-state index contributed by atoms with van der Waals surface area (Å²) in [6.45, 7) is 0. The first-order chi connectivity index (χ1) is 8.75. The molecule has 0 unspecified atom stereocenters. The molecule has 0 bridgehead atoms. The van der Waals surface area contributed by atoms with Crippen molar-refractivity contribution in [3.63, 3.8) is 0 Å². The van der Waals surface area contributed by atoms with Gasteiger partial charge >= 0.3 is 10.5 Å². The molecule has 5 heteroatoms. The van der Waals surface area contributed by atoms with Crippen molar-refractivity contribution >= 4 is 28.3 Å². The van der Waals surface area contributed by atoms with E-state index in [1.54, 1.807) is 24.5 Å². The van der Waals surface area contributed by atoms with Crippen LogP contribution >= 0.6 is 0 Å². The molecule has 1 aromatic carbocycles. The van der Waals surface area contributed by atoms with Gasteiger partial charge in [0.15, 0.2) is 0 Å². The van der Waals surface area contributed by atoms with Crippen LogP contribution in [0.3, 0.4) is 0 Å². The highest BCUT2D eigenvalue weighted by molar-refractivity contribution is 7.61. The summed E-state index contributed by atoms with van der Waals surface area (Å²) in [6.07, 6.45) is 7.09. The lowest BCUT2D eigenvalue weighted by Crippen LogP contribution is -1.75. The van der Waals surface area contributed by atoms with E-state index in [0.29, 0.717) is 5.69 Å². The van der Waals surface area contributed by atoms with Crippen molar-refractivity contribution in [2.75, 3.05) is 0 Å². The van der Waals surface area contributed by atoms with Gasteiger partial charge in [-0.3, -0.25) is 4.98 Å². The van der Waals surface area contributed by atoms with Crippen LogP contribution in [0.25, 0.3) is 12.2 Å². The summed E-state index contributed by atoms with van der Waals surface area (Å²) in [7, 11) is -2.44. The Balaban J connectivity index is 2.35. The number of hydrogen-bond donors (Lipinski definition) is 0. The molecular weight excluding hydrogens is 248 g/mol. The molecular formula is C13H10N2O2S. The first-order valence-electron chi connectivity index (χ1n) is 5.24. The Labute approximate surface area is 106 Å². The average molecular weight is 258 g/mol. The van der Waals surface area contributed by atoms with E-state index in [1.807, 2.05) is 36.4 Å². The van der Waals surface area contributed by atoms with E-state index in [1.165, 1.54) is 0 Å². The molecule has 4 nitrogen and oxygen atoms in total. The molecule has 90 valence electrons. The predicted molar refractivity (Wildman–Crippen MR) is 70.6 cm³/mol. The molecule has 0 saturated heterocycles. The SMILES string of the molecule is O=S(=O)=Nc1ccccc1C=Cc1ccncc1. The molecule has 0 N–H and O–H groups in total. The number of rotatable bonds is 3. The van der Waals surface area contributed by atoms with Crippen molar-refractivity contribution in [1.82, 2.24) is 4.98 Å². The monoisotopic (exact) mass is 258 g/mol. The maximum Gasteiger partial charge on any atom is 0.316 e. The van der Waals surface area contributed by atoms with E-state index in [4.69, 9.17) is 0 Å². The largest absolute Gasteiger partial charge is 0.316 e. The minimum Gasteiger partial charge on any atom is -0.265 e. The molecule has 1 aromatic heterocycles. The van der Waals surface area contributed by atoms with Crippen molar-refractivity contribution < 1.29 is 8.42 Å². The van der Waals surface area contributed by atoms with Gasteiger partial charge in [-0.1, -0.05) is 30.4 Å². The molecule has 0 spiro atoms. The zero-order valence-corrected chi connectivity index (χ0v) is 10.2. The van der Waals surface area contributed by atoms with E-state index in [2.05, 4.69) is 9.35 Å². The van der Waals surface area contributed by atoms with Gasteiger partial charge in [-0.25, -0.2) is 0 Å². The smallest absolute Gasteiger partial charge is 0.265 e. The third-order valence-corrected chi connectivity index (χ3v) is 2.62. The second kappa shape index (κ2) is 5.88. The molecule has 0 fully saturated rings. The van der Waals surface area contributed by atoms with Crippen LogP contribution in [0.15, 0.2) is 53.2 Å². The number of nitrogens with zero attached hydrogens (tertiary/aromatic N) is 2. The molecule has 0 aliphatic rings. The Morgan fingerprint density at radius 1 is 1.00 bits per heavy atom. The molecule has 0 amide bonds. The van der Waals surface area contributed by atoms with Crippen LogP contribution in [-0.2, 0) is 10.5 Å². The van der Waals surface area contributed by atoms with Crippen molar-refractivity contribution in [3.05, 3.63) is 59.9 Å².